The van der Waals surface area contributed by atoms with Gasteiger partial charge in [-0.3, -0.25) is 47.9 Å². The molecule has 0 spiro atoms. The number of methoxy groups -OCH3 is 2. The molecule has 4 aromatic carbocycles. The smallest absolute Gasteiger partial charge is 0.220 e. The third-order valence-electron chi connectivity index (χ3n) is 20.7. The number of phenols is 4. The van der Waals surface area contributed by atoms with Crippen LogP contribution in [0, 0.1) is 22.7 Å². The topological polar surface area (TPSA) is 459 Å². The number of aliphatic hydroxyl groups is 6. The van der Waals surface area contributed by atoms with Gasteiger partial charge in [0, 0.05) is 130 Å². The molecule has 2 aliphatic heterocycles. The molecule has 0 radical (unpaired) electrons. The zero-order chi connectivity index (χ0) is 79.4. The van der Waals surface area contributed by atoms with Gasteiger partial charge in [0.1, 0.15) is 76.3 Å². The van der Waals surface area contributed by atoms with Crippen molar-refractivity contribution in [3.8, 4) is 34.5 Å². The van der Waals surface area contributed by atoms with Crippen LogP contribution in [-0.2, 0) is 70.0 Å². The predicted molar refractivity (Wildman–Crippen MR) is 380 cm³/mol. The number of aromatic hydroxyl groups is 4. The van der Waals surface area contributed by atoms with Gasteiger partial charge in [0.2, 0.25) is 17.5 Å². The van der Waals surface area contributed by atoms with Crippen LogP contribution in [0.2, 0.25) is 0 Å². The number of carbonyl (C=O) groups is 10. The molecule has 6 aliphatic rings. The van der Waals surface area contributed by atoms with Gasteiger partial charge in [-0.25, -0.2) is 0 Å². The fourth-order valence-corrected chi connectivity index (χ4v) is 15.1. The Bertz CT molecular complexity index is 4150. The lowest BCUT2D eigenvalue weighted by atomic mass is 9.72. The molecule has 11 N–H and O–H groups in total. The highest BCUT2D eigenvalue weighted by Gasteiger charge is 2.53. The van der Waals surface area contributed by atoms with E-state index in [-0.39, 0.29) is 155 Å². The minimum absolute atomic E-state index is 0.00409. The molecule has 2 saturated heterocycles. The van der Waals surface area contributed by atoms with E-state index in [2.05, 4.69) is 26.1 Å². The first-order valence-corrected chi connectivity index (χ1v) is 36.2. The first-order chi connectivity index (χ1) is 50.8. The normalized spacial score (nSPS) is 25.0. The minimum Gasteiger partial charge on any atom is -0.507 e. The van der Waals surface area contributed by atoms with Crippen molar-refractivity contribution >= 4 is 58.0 Å². The summed E-state index contributed by atoms with van der Waals surface area (Å²) in [5.41, 5.74) is -7.98. The molecule has 2 heterocycles. The number of rotatable bonds is 29. The zero-order valence-electron chi connectivity index (χ0n) is 62.4. The summed E-state index contributed by atoms with van der Waals surface area (Å²) in [6, 6.07) is 8.64. The van der Waals surface area contributed by atoms with Crippen molar-refractivity contribution in [3.63, 3.8) is 0 Å². The van der Waals surface area contributed by atoms with Crippen LogP contribution in [0.25, 0.3) is 0 Å². The first-order valence-electron chi connectivity index (χ1n) is 36.2. The van der Waals surface area contributed by atoms with E-state index in [1.807, 2.05) is 20.8 Å². The molecule has 0 aromatic heterocycles. The molecule has 29 nitrogen and oxygen atoms in total. The summed E-state index contributed by atoms with van der Waals surface area (Å²) in [4.78, 5) is 132. The summed E-state index contributed by atoms with van der Waals surface area (Å²) in [7, 11) is 2.62. The Morgan fingerprint density at radius 1 is 0.528 bits per heavy atom. The Balaban J connectivity index is 0.000000252. The SMILES string of the molecule is COc1cccc2c1C(=O)c1c(O)c3c(c(O)c1C2=O)C[C@@](O)(C(=O)CO)C[C@@H]3OC1C[C@H](CC(=O)CCC(=O)NCCOCCOCCC(C)(C)C)[C@H](O)[C@H](C)O1.COc1cccc2c1C(=O)c1c(O)c3c(c(O)c1C2=O)C[C@@](O)(C(=O)CO)C[C@@H]3O[C@H]1C[C@H](CC(=O)CCC(=O)CC(C)(C)C)[C@H](O)[C@H](C)O1. The van der Waals surface area contributed by atoms with Crippen molar-refractivity contribution in [3.05, 3.63) is 103 Å². The van der Waals surface area contributed by atoms with Crippen LogP contribution in [0.4, 0.5) is 0 Å². The molecule has 4 aliphatic carbocycles. The molecule has 108 heavy (non-hydrogen) atoms. The van der Waals surface area contributed by atoms with Crippen LogP contribution < -0.4 is 14.8 Å². The average molecular weight is 1510 g/mol. The third-order valence-corrected chi connectivity index (χ3v) is 20.7. The fourth-order valence-electron chi connectivity index (χ4n) is 15.1. The molecule has 1 amide bonds. The predicted octanol–water partition coefficient (Wildman–Crippen LogP) is 5.65. The lowest BCUT2D eigenvalue weighted by Crippen LogP contribution is -2.49. The van der Waals surface area contributed by atoms with Gasteiger partial charge in [-0.15, -0.1) is 0 Å². The first kappa shape index (κ1) is 83.7. The maximum atomic E-state index is 13.9. The van der Waals surface area contributed by atoms with Gasteiger partial charge in [-0.1, -0.05) is 65.8 Å². The Labute approximate surface area is 624 Å². The van der Waals surface area contributed by atoms with Gasteiger partial charge in [0.15, 0.2) is 35.7 Å². The van der Waals surface area contributed by atoms with Crippen molar-refractivity contribution < 1.29 is 137 Å². The molecule has 1 unspecified atom stereocenters. The molecule has 2 fully saturated rings. The number of aliphatic hydroxyl groups excluding tert-OH is 4. The molecule has 12 atom stereocenters. The monoisotopic (exact) mass is 1510 g/mol. The van der Waals surface area contributed by atoms with E-state index in [1.165, 1.54) is 50.6 Å². The van der Waals surface area contributed by atoms with E-state index in [9.17, 15) is 99.0 Å². The van der Waals surface area contributed by atoms with Crippen LogP contribution in [0.3, 0.4) is 0 Å². The van der Waals surface area contributed by atoms with Gasteiger partial charge in [0.25, 0.3) is 0 Å². The van der Waals surface area contributed by atoms with Crippen molar-refractivity contribution in [1.29, 1.82) is 0 Å². The number of benzene rings is 4. The molecule has 588 valence electrons. The number of phenolic OH excluding ortho intramolecular Hbond substituents is 4. The molecule has 4 aromatic rings. The molecule has 0 saturated carbocycles. The van der Waals surface area contributed by atoms with Gasteiger partial charge >= 0.3 is 0 Å². The van der Waals surface area contributed by atoms with Gasteiger partial charge in [-0.05, 0) is 55.1 Å². The second-order valence-electron chi connectivity index (χ2n) is 31.2. The Hall–Kier alpha value is -8.30. The van der Waals surface area contributed by atoms with Crippen molar-refractivity contribution in [2.45, 2.75) is 206 Å². The van der Waals surface area contributed by atoms with Gasteiger partial charge < -0.3 is 94.3 Å². The summed E-state index contributed by atoms with van der Waals surface area (Å²) >= 11 is 0. The summed E-state index contributed by atoms with van der Waals surface area (Å²) in [6.45, 7) is 15.2. The number of hydrogen-bond donors (Lipinski definition) is 11. The van der Waals surface area contributed by atoms with Crippen LogP contribution in [0.5, 0.6) is 34.5 Å². The zero-order valence-corrected chi connectivity index (χ0v) is 62.4. The maximum absolute atomic E-state index is 13.9. The van der Waals surface area contributed by atoms with Crippen LogP contribution in [0.15, 0.2) is 36.4 Å². The summed E-state index contributed by atoms with van der Waals surface area (Å²) in [6.07, 6.45) is -10.7. The molecule has 0 bridgehead atoms. The van der Waals surface area contributed by atoms with E-state index in [0.29, 0.717) is 26.2 Å². The third kappa shape index (κ3) is 18.3. The number of carbonyl (C=O) groups excluding carboxylic acids is 10. The lowest BCUT2D eigenvalue weighted by Gasteiger charge is -2.42. The number of Topliss-reactive ketones (excluding diaryl/α,β-unsaturated/α-hetero) is 5. The number of nitrogens with one attached hydrogen (secondary N) is 1. The average Bonchev–Trinajstić information content (AvgIpc) is 0.716. The second-order valence-corrected chi connectivity index (χ2v) is 31.2. The molecular weight excluding hydrogens is 1410 g/mol. The van der Waals surface area contributed by atoms with E-state index in [4.69, 9.17) is 37.9 Å². The highest BCUT2D eigenvalue weighted by molar-refractivity contribution is 6.32. The van der Waals surface area contributed by atoms with Crippen LogP contribution in [0.1, 0.15) is 231 Å². The summed E-state index contributed by atoms with van der Waals surface area (Å²) in [5, 5.41) is 114. The van der Waals surface area contributed by atoms with Crippen molar-refractivity contribution in [2.75, 3.05) is 60.4 Å². The lowest BCUT2D eigenvalue weighted by molar-refractivity contribution is -0.257. The Morgan fingerprint density at radius 2 is 0.926 bits per heavy atom. The van der Waals surface area contributed by atoms with Gasteiger partial charge in [0.05, 0.1) is 104 Å². The largest absolute Gasteiger partial charge is 0.507 e. The standard InChI is InChI=1S/C42H55NO15.C37H44O13/c1-22-36(48)23(17-24(45)9-10-30(47)43-12-14-56-16-15-55-13-11-41(2,3)4)18-31(57-22)58-28-20-42(53,29(46)21-44)19-26-33(28)40(52)35-34(38(26)50)37(49)25-7-6-8-27(54-5)32(25)39(35)51;1-17-31(42)18(11-19(39)9-10-20(40)13-36(2,3)4)12-26(49-17)50-24-15-37(47,25(41)16-38)14-22-28(24)35(46)30-29(33(22)44)32(43)21-7-6-8-23(48-5)27(21)34(30)45/h6-8,22-23,28,31,36,44,48,50,52-53H,9-21H2,1-5H3,(H,43,47);6-8,17-18,24,26,31,38,42,44,46-47H,9-16H2,1-5H3/t22-,23-,28-,31?,36+,42-;17-,18-,24-,26-,31+,37-/m00/s1. The number of hydrogen-bond acceptors (Lipinski definition) is 28. The van der Waals surface area contributed by atoms with Crippen LogP contribution >= 0.6 is 0 Å². The molecular formula is C79H99NO28. The van der Waals surface area contributed by atoms with E-state index >= 15 is 0 Å². The number of ether oxygens (including phenoxy) is 8. The van der Waals surface area contributed by atoms with E-state index in [1.54, 1.807) is 13.8 Å². The number of fused-ring (bicyclic) bond motifs is 6. The van der Waals surface area contributed by atoms with Crippen molar-refractivity contribution in [1.82, 2.24) is 5.32 Å². The molecule has 10 rings (SSSR count). The highest BCUT2D eigenvalue weighted by Crippen LogP contribution is 2.55. The Kier molecular flexibility index (Phi) is 26.6. The number of ketones is 9. The van der Waals surface area contributed by atoms with Crippen molar-refractivity contribution in [2.24, 2.45) is 22.7 Å². The summed E-state index contributed by atoms with van der Waals surface area (Å²) < 4.78 is 46.0. The molecule has 29 heteroatoms. The quantitative estimate of drug-likeness (QED) is 0.0199. The van der Waals surface area contributed by atoms with Gasteiger partial charge in [-0.2, -0.15) is 0 Å². The minimum atomic E-state index is -2.34. The maximum Gasteiger partial charge on any atom is 0.220 e. The fraction of sp³-hybridized carbons (Fsp3) is 0.570. The summed E-state index contributed by atoms with van der Waals surface area (Å²) in [5.74, 6) is -10.3. The second kappa shape index (κ2) is 34.3. The van der Waals surface area contributed by atoms with Crippen LogP contribution in [-0.4, -0.2) is 218 Å². The Morgan fingerprint density at radius 3 is 1.32 bits per heavy atom. The van der Waals surface area contributed by atoms with E-state index < -0.39 is 191 Å². The highest BCUT2D eigenvalue weighted by atomic mass is 16.7. The number of amides is 1. The van der Waals surface area contributed by atoms with E-state index in [0.717, 1.165) is 6.42 Å².